The van der Waals surface area contributed by atoms with E-state index in [2.05, 4.69) is 10.3 Å². The fourth-order valence-electron chi connectivity index (χ4n) is 3.59. The van der Waals surface area contributed by atoms with Crippen molar-refractivity contribution >= 4 is 5.91 Å². The van der Waals surface area contributed by atoms with Crippen LogP contribution in [0.15, 0.2) is 42.6 Å². The van der Waals surface area contributed by atoms with Gasteiger partial charge in [0.25, 0.3) is 0 Å². The molecule has 1 fully saturated rings. The molecule has 1 aromatic carbocycles. The first-order chi connectivity index (χ1) is 13.5. The minimum Gasteiger partial charge on any atom is -0.489 e. The van der Waals surface area contributed by atoms with E-state index in [-0.39, 0.29) is 30.4 Å². The van der Waals surface area contributed by atoms with E-state index in [1.54, 1.807) is 24.4 Å². The molecule has 1 aromatic heterocycles. The van der Waals surface area contributed by atoms with E-state index >= 15 is 0 Å². The van der Waals surface area contributed by atoms with Crippen LogP contribution in [0.1, 0.15) is 36.9 Å². The number of hydrogen-bond acceptors (Lipinski definition) is 4. The predicted octanol–water partition coefficient (Wildman–Crippen LogP) is 3.47. The molecule has 1 aliphatic carbocycles. The molecule has 3 rings (SSSR count). The highest BCUT2D eigenvalue weighted by Gasteiger charge is 2.24. The molecule has 0 atom stereocenters. The molecule has 5 nitrogen and oxygen atoms in total. The first-order valence-corrected chi connectivity index (χ1v) is 9.81. The van der Waals surface area contributed by atoms with E-state index in [9.17, 15) is 9.18 Å². The van der Waals surface area contributed by atoms with Crippen LogP contribution in [0, 0.1) is 12.7 Å². The molecule has 0 spiro atoms. The standard InChI is InChI=1S/C22H28FN3O2/c1-16-21(8-5-13-24-16)28-19-11-9-18(10-12-19)25-22(27)15-26(2)14-17-6-3-4-7-20(17)23/h3-8,13,18-19H,9-12,14-15H2,1-2H3,(H,25,27). The molecular formula is C22H28FN3O2. The summed E-state index contributed by atoms with van der Waals surface area (Å²) in [5.41, 5.74) is 1.50. The summed E-state index contributed by atoms with van der Waals surface area (Å²) in [7, 11) is 1.83. The smallest absolute Gasteiger partial charge is 0.234 e. The molecule has 1 amide bonds. The van der Waals surface area contributed by atoms with Gasteiger partial charge in [-0.3, -0.25) is 14.7 Å². The number of nitrogens with one attached hydrogen (secondary N) is 1. The average molecular weight is 385 g/mol. The van der Waals surface area contributed by atoms with Crippen molar-refractivity contribution in [3.8, 4) is 5.75 Å². The number of pyridine rings is 1. The number of nitrogens with zero attached hydrogens (tertiary/aromatic N) is 2. The summed E-state index contributed by atoms with van der Waals surface area (Å²) in [4.78, 5) is 18.4. The van der Waals surface area contributed by atoms with Crippen molar-refractivity contribution in [3.63, 3.8) is 0 Å². The molecule has 1 aliphatic rings. The highest BCUT2D eigenvalue weighted by molar-refractivity contribution is 5.78. The molecule has 1 heterocycles. The van der Waals surface area contributed by atoms with Crippen LogP contribution >= 0.6 is 0 Å². The Bertz CT molecular complexity index is 791. The number of hydrogen-bond donors (Lipinski definition) is 1. The van der Waals surface area contributed by atoms with E-state index in [0.29, 0.717) is 12.1 Å². The minimum atomic E-state index is -0.239. The Balaban J connectivity index is 1.40. The van der Waals surface area contributed by atoms with Crippen molar-refractivity contribution in [2.45, 2.75) is 51.3 Å². The van der Waals surface area contributed by atoms with Crippen LogP contribution in [0.2, 0.25) is 0 Å². The zero-order chi connectivity index (χ0) is 19.9. The Labute approximate surface area is 165 Å². The maximum atomic E-state index is 13.7. The van der Waals surface area contributed by atoms with Crippen molar-refractivity contribution in [2.75, 3.05) is 13.6 Å². The Morgan fingerprint density at radius 1 is 1.21 bits per heavy atom. The second kappa shape index (κ2) is 9.64. The van der Waals surface area contributed by atoms with E-state index < -0.39 is 0 Å². The summed E-state index contributed by atoms with van der Waals surface area (Å²) >= 11 is 0. The molecule has 2 aromatic rings. The lowest BCUT2D eigenvalue weighted by Crippen LogP contribution is -2.43. The van der Waals surface area contributed by atoms with Gasteiger partial charge in [-0.25, -0.2) is 4.39 Å². The van der Waals surface area contributed by atoms with Gasteiger partial charge in [0.1, 0.15) is 11.6 Å². The summed E-state index contributed by atoms with van der Waals surface area (Å²) in [5, 5.41) is 3.10. The number of rotatable bonds is 7. The van der Waals surface area contributed by atoms with Gasteiger partial charge in [-0.05, 0) is 57.9 Å². The molecule has 1 N–H and O–H groups in total. The van der Waals surface area contributed by atoms with E-state index in [1.807, 2.05) is 31.0 Å². The van der Waals surface area contributed by atoms with Crippen LogP contribution < -0.4 is 10.1 Å². The third kappa shape index (κ3) is 5.76. The summed E-state index contributed by atoms with van der Waals surface area (Å²) in [6.45, 7) is 2.60. The summed E-state index contributed by atoms with van der Waals surface area (Å²) < 4.78 is 19.8. The van der Waals surface area contributed by atoms with E-state index in [1.165, 1.54) is 6.07 Å². The number of aryl methyl sites for hydroxylation is 1. The zero-order valence-corrected chi connectivity index (χ0v) is 16.5. The maximum absolute atomic E-state index is 13.7. The molecule has 0 bridgehead atoms. The SMILES string of the molecule is Cc1ncccc1OC1CCC(NC(=O)CN(C)Cc2ccccc2F)CC1. The number of likely N-dealkylation sites (N-methyl/N-ethyl adjacent to an activating group) is 1. The number of ether oxygens (including phenoxy) is 1. The fraction of sp³-hybridized carbons (Fsp3) is 0.455. The lowest BCUT2D eigenvalue weighted by molar-refractivity contribution is -0.123. The molecule has 6 heteroatoms. The van der Waals surface area contributed by atoms with Gasteiger partial charge in [0.15, 0.2) is 0 Å². The average Bonchev–Trinajstić information content (AvgIpc) is 2.67. The Hall–Kier alpha value is -2.47. The summed E-state index contributed by atoms with van der Waals surface area (Å²) in [5.74, 6) is 0.577. The van der Waals surface area contributed by atoms with Crippen LogP contribution in [0.4, 0.5) is 4.39 Å². The van der Waals surface area contributed by atoms with Crippen molar-refractivity contribution in [3.05, 3.63) is 59.7 Å². The van der Waals surface area contributed by atoms with Crippen LogP contribution in [0.3, 0.4) is 0 Å². The number of aromatic nitrogens is 1. The summed E-state index contributed by atoms with van der Waals surface area (Å²) in [6, 6.07) is 10.7. The van der Waals surface area contributed by atoms with Crippen molar-refractivity contribution < 1.29 is 13.9 Å². The number of amides is 1. The van der Waals surface area contributed by atoms with Crippen LogP contribution in [0.25, 0.3) is 0 Å². The molecule has 0 radical (unpaired) electrons. The number of carbonyl (C=O) groups is 1. The van der Waals surface area contributed by atoms with Gasteiger partial charge in [0.05, 0.1) is 18.3 Å². The first-order valence-electron chi connectivity index (χ1n) is 9.81. The first kappa shape index (κ1) is 20.3. The Morgan fingerprint density at radius 3 is 2.68 bits per heavy atom. The Kier molecular flexibility index (Phi) is 6.98. The number of benzene rings is 1. The molecular weight excluding hydrogens is 357 g/mol. The van der Waals surface area contributed by atoms with Gasteiger partial charge in [-0.1, -0.05) is 18.2 Å². The van der Waals surface area contributed by atoms with Crippen LogP contribution in [-0.2, 0) is 11.3 Å². The number of carbonyl (C=O) groups excluding carboxylic acids is 1. The maximum Gasteiger partial charge on any atom is 0.234 e. The monoisotopic (exact) mass is 385 g/mol. The Morgan fingerprint density at radius 2 is 1.96 bits per heavy atom. The lowest BCUT2D eigenvalue weighted by atomic mass is 9.93. The van der Waals surface area contributed by atoms with Gasteiger partial charge in [-0.15, -0.1) is 0 Å². The predicted molar refractivity (Wildman–Crippen MR) is 107 cm³/mol. The van der Waals surface area contributed by atoms with Crippen molar-refractivity contribution in [1.82, 2.24) is 15.2 Å². The number of halogens is 1. The lowest BCUT2D eigenvalue weighted by Gasteiger charge is -2.30. The molecule has 1 saturated carbocycles. The normalized spacial score (nSPS) is 19.4. The second-order valence-electron chi connectivity index (χ2n) is 7.51. The van der Waals surface area contributed by atoms with Gasteiger partial charge >= 0.3 is 0 Å². The van der Waals surface area contributed by atoms with Crippen molar-refractivity contribution in [2.24, 2.45) is 0 Å². The molecule has 0 saturated heterocycles. The molecule has 0 unspecified atom stereocenters. The highest BCUT2D eigenvalue weighted by atomic mass is 19.1. The van der Waals surface area contributed by atoms with Gasteiger partial charge < -0.3 is 10.1 Å². The minimum absolute atomic E-state index is 0.0219. The topological polar surface area (TPSA) is 54.5 Å². The van der Waals surface area contributed by atoms with Crippen LogP contribution in [0.5, 0.6) is 5.75 Å². The molecule has 28 heavy (non-hydrogen) atoms. The second-order valence-corrected chi connectivity index (χ2v) is 7.51. The van der Waals surface area contributed by atoms with E-state index in [0.717, 1.165) is 37.1 Å². The van der Waals surface area contributed by atoms with Gasteiger partial charge in [-0.2, -0.15) is 0 Å². The largest absolute Gasteiger partial charge is 0.489 e. The molecule has 150 valence electrons. The van der Waals surface area contributed by atoms with Crippen molar-refractivity contribution in [1.29, 1.82) is 0 Å². The fourth-order valence-corrected chi connectivity index (χ4v) is 3.59. The van der Waals surface area contributed by atoms with Gasteiger partial charge in [0, 0.05) is 24.3 Å². The van der Waals surface area contributed by atoms with Gasteiger partial charge in [0.2, 0.25) is 5.91 Å². The van der Waals surface area contributed by atoms with Crippen LogP contribution in [-0.4, -0.2) is 41.5 Å². The zero-order valence-electron chi connectivity index (χ0n) is 16.5. The third-order valence-electron chi connectivity index (χ3n) is 5.10. The quantitative estimate of drug-likeness (QED) is 0.793. The summed E-state index contributed by atoms with van der Waals surface area (Å²) in [6.07, 6.45) is 5.53. The van der Waals surface area contributed by atoms with E-state index in [4.69, 9.17) is 4.74 Å². The third-order valence-corrected chi connectivity index (χ3v) is 5.10. The highest BCUT2D eigenvalue weighted by Crippen LogP contribution is 2.25. The molecule has 0 aliphatic heterocycles.